The molecule has 1 rings (SSSR count). The van der Waals surface area contributed by atoms with Crippen molar-refractivity contribution in [3.05, 3.63) is 32.9 Å². The van der Waals surface area contributed by atoms with Crippen molar-refractivity contribution in [1.82, 2.24) is 0 Å². The molecule has 3 nitrogen and oxygen atoms in total. The highest BCUT2D eigenvalue weighted by atomic mass is 127. The number of carbonyl (C=O) groups excluding carboxylic acids is 2. The molecule has 0 aliphatic carbocycles. The lowest BCUT2D eigenvalue weighted by atomic mass is 10.0. The van der Waals surface area contributed by atoms with E-state index < -0.39 is 5.97 Å². The third kappa shape index (κ3) is 3.96. The molecule has 0 atom stereocenters. The van der Waals surface area contributed by atoms with Crippen molar-refractivity contribution in [1.29, 1.82) is 0 Å². The standard InChI is InChI=1S/C12H12ClIO3/c1-2-17-12(16)9-4-3-8(14)7-10(9)11(15)5-6-13/h3-4,7H,2,5-6H2,1H3. The summed E-state index contributed by atoms with van der Waals surface area (Å²) in [5.41, 5.74) is 0.693. The molecule has 5 heteroatoms. The molecule has 1 aromatic carbocycles. The first-order valence-electron chi connectivity index (χ1n) is 5.16. The van der Waals surface area contributed by atoms with Gasteiger partial charge in [0.25, 0.3) is 0 Å². The summed E-state index contributed by atoms with van der Waals surface area (Å²) in [5, 5.41) is 0. The summed E-state index contributed by atoms with van der Waals surface area (Å²) in [5.74, 6) is -0.365. The minimum Gasteiger partial charge on any atom is -0.462 e. The number of ketones is 1. The number of rotatable bonds is 5. The monoisotopic (exact) mass is 366 g/mol. The Bertz CT molecular complexity index is 432. The van der Waals surface area contributed by atoms with Gasteiger partial charge in [0.1, 0.15) is 0 Å². The quantitative estimate of drug-likeness (QED) is 0.348. The number of halogens is 2. The smallest absolute Gasteiger partial charge is 0.338 e. The number of alkyl halides is 1. The van der Waals surface area contributed by atoms with E-state index in [4.69, 9.17) is 16.3 Å². The van der Waals surface area contributed by atoms with Crippen molar-refractivity contribution < 1.29 is 14.3 Å². The first-order valence-corrected chi connectivity index (χ1v) is 6.77. The third-order valence-electron chi connectivity index (χ3n) is 2.10. The molecule has 0 fully saturated rings. The van der Waals surface area contributed by atoms with Crippen LogP contribution in [0.1, 0.15) is 34.1 Å². The van der Waals surface area contributed by atoms with Gasteiger partial charge >= 0.3 is 5.97 Å². The van der Waals surface area contributed by atoms with Gasteiger partial charge in [-0.15, -0.1) is 11.6 Å². The van der Waals surface area contributed by atoms with Crippen LogP contribution in [-0.4, -0.2) is 24.2 Å². The Kier molecular flexibility index (Phi) is 5.91. The van der Waals surface area contributed by atoms with Crippen LogP contribution in [0, 0.1) is 3.57 Å². The summed E-state index contributed by atoms with van der Waals surface area (Å²) in [6.45, 7) is 2.01. The maximum absolute atomic E-state index is 11.8. The molecule has 0 heterocycles. The van der Waals surface area contributed by atoms with E-state index in [1.54, 1.807) is 25.1 Å². The first-order chi connectivity index (χ1) is 8.10. The largest absolute Gasteiger partial charge is 0.462 e. The normalized spacial score (nSPS) is 10.1. The van der Waals surface area contributed by atoms with Crippen LogP contribution in [0.4, 0.5) is 0 Å². The lowest BCUT2D eigenvalue weighted by Gasteiger charge is -2.08. The highest BCUT2D eigenvalue weighted by Gasteiger charge is 2.17. The van der Waals surface area contributed by atoms with Gasteiger partial charge in [0.15, 0.2) is 5.78 Å². The van der Waals surface area contributed by atoms with Crippen molar-refractivity contribution in [2.24, 2.45) is 0 Å². The number of carbonyl (C=O) groups is 2. The van der Waals surface area contributed by atoms with Crippen LogP contribution < -0.4 is 0 Å². The van der Waals surface area contributed by atoms with Crippen LogP contribution in [0.25, 0.3) is 0 Å². The molecular weight excluding hydrogens is 354 g/mol. The molecule has 0 saturated heterocycles. The zero-order valence-corrected chi connectivity index (χ0v) is 12.2. The SMILES string of the molecule is CCOC(=O)c1ccc(I)cc1C(=O)CCCl. The Morgan fingerprint density at radius 2 is 2.06 bits per heavy atom. The van der Waals surface area contributed by atoms with E-state index in [1.807, 2.05) is 0 Å². The number of esters is 1. The van der Waals surface area contributed by atoms with Crippen molar-refractivity contribution in [2.45, 2.75) is 13.3 Å². The van der Waals surface area contributed by atoms with Gasteiger partial charge in [-0.2, -0.15) is 0 Å². The predicted molar refractivity (Wildman–Crippen MR) is 74.8 cm³/mol. The van der Waals surface area contributed by atoms with Crippen LogP contribution in [0.3, 0.4) is 0 Å². The van der Waals surface area contributed by atoms with Gasteiger partial charge in [0, 0.05) is 21.4 Å². The second kappa shape index (κ2) is 6.96. The highest BCUT2D eigenvalue weighted by Crippen LogP contribution is 2.17. The lowest BCUT2D eigenvalue weighted by molar-refractivity contribution is 0.0523. The second-order valence-corrected chi connectivity index (χ2v) is 4.90. The average Bonchev–Trinajstić information content (AvgIpc) is 2.29. The Labute approximate surface area is 119 Å². The molecule has 0 aliphatic heterocycles. The van der Waals surface area contributed by atoms with Gasteiger partial charge in [0.05, 0.1) is 12.2 Å². The summed E-state index contributed by atoms with van der Waals surface area (Å²) in [6, 6.07) is 5.06. The minimum atomic E-state index is -0.471. The molecule has 0 radical (unpaired) electrons. The molecule has 0 N–H and O–H groups in total. The zero-order chi connectivity index (χ0) is 12.8. The van der Waals surface area contributed by atoms with E-state index >= 15 is 0 Å². The fourth-order valence-corrected chi connectivity index (χ4v) is 2.02. The molecule has 0 bridgehead atoms. The summed E-state index contributed by atoms with van der Waals surface area (Å²) in [6.07, 6.45) is 0.216. The summed E-state index contributed by atoms with van der Waals surface area (Å²) < 4.78 is 5.81. The first kappa shape index (κ1) is 14.4. The van der Waals surface area contributed by atoms with Crippen molar-refractivity contribution >= 4 is 45.9 Å². The van der Waals surface area contributed by atoms with Gasteiger partial charge in [-0.1, -0.05) is 0 Å². The molecule has 92 valence electrons. The number of hydrogen-bond acceptors (Lipinski definition) is 3. The minimum absolute atomic E-state index is 0.137. The summed E-state index contributed by atoms with van der Waals surface area (Å²) in [4.78, 5) is 23.5. The number of hydrogen-bond donors (Lipinski definition) is 0. The molecule has 0 aliphatic rings. The molecule has 1 aromatic rings. The van der Waals surface area contributed by atoms with Crippen molar-refractivity contribution in [3.8, 4) is 0 Å². The Hall–Kier alpha value is -0.620. The van der Waals surface area contributed by atoms with E-state index in [0.717, 1.165) is 3.57 Å². The lowest BCUT2D eigenvalue weighted by Crippen LogP contribution is -2.12. The van der Waals surface area contributed by atoms with E-state index in [9.17, 15) is 9.59 Å². The van der Waals surface area contributed by atoms with Crippen LogP contribution in [-0.2, 0) is 4.74 Å². The summed E-state index contributed by atoms with van der Waals surface area (Å²) in [7, 11) is 0. The van der Waals surface area contributed by atoms with Gasteiger partial charge in [-0.3, -0.25) is 4.79 Å². The zero-order valence-electron chi connectivity index (χ0n) is 9.33. The Morgan fingerprint density at radius 1 is 1.35 bits per heavy atom. The van der Waals surface area contributed by atoms with Crippen LogP contribution in [0.2, 0.25) is 0 Å². The average molecular weight is 367 g/mol. The molecular formula is C12H12ClIO3. The van der Waals surface area contributed by atoms with Crippen LogP contribution in [0.5, 0.6) is 0 Å². The topological polar surface area (TPSA) is 43.4 Å². The van der Waals surface area contributed by atoms with E-state index in [2.05, 4.69) is 22.6 Å². The van der Waals surface area contributed by atoms with Crippen molar-refractivity contribution in [2.75, 3.05) is 12.5 Å². The van der Waals surface area contributed by atoms with E-state index in [1.165, 1.54) is 0 Å². The van der Waals surface area contributed by atoms with Gasteiger partial charge in [-0.25, -0.2) is 4.79 Å². The third-order valence-corrected chi connectivity index (χ3v) is 2.96. The van der Waals surface area contributed by atoms with Crippen LogP contribution >= 0.6 is 34.2 Å². The van der Waals surface area contributed by atoms with Crippen molar-refractivity contribution in [3.63, 3.8) is 0 Å². The molecule has 0 amide bonds. The molecule has 17 heavy (non-hydrogen) atoms. The Balaban J connectivity index is 3.11. The van der Waals surface area contributed by atoms with Crippen LogP contribution in [0.15, 0.2) is 18.2 Å². The van der Waals surface area contributed by atoms with E-state index in [0.29, 0.717) is 11.1 Å². The van der Waals surface area contributed by atoms with E-state index in [-0.39, 0.29) is 24.7 Å². The molecule has 0 spiro atoms. The second-order valence-electron chi connectivity index (χ2n) is 3.27. The fourth-order valence-electron chi connectivity index (χ4n) is 1.35. The number of ether oxygens (including phenoxy) is 1. The predicted octanol–water partition coefficient (Wildman–Crippen LogP) is 3.28. The highest BCUT2D eigenvalue weighted by molar-refractivity contribution is 14.1. The Morgan fingerprint density at radius 3 is 2.65 bits per heavy atom. The molecule has 0 unspecified atom stereocenters. The van der Waals surface area contributed by atoms with Gasteiger partial charge in [-0.05, 0) is 47.7 Å². The van der Waals surface area contributed by atoms with Gasteiger partial charge in [0.2, 0.25) is 0 Å². The maximum Gasteiger partial charge on any atom is 0.338 e. The van der Waals surface area contributed by atoms with Gasteiger partial charge < -0.3 is 4.74 Å². The number of Topliss-reactive ketones (excluding diaryl/α,β-unsaturated/α-hetero) is 1. The fraction of sp³-hybridized carbons (Fsp3) is 0.333. The molecule has 0 saturated carbocycles. The maximum atomic E-state index is 11.8. The number of benzene rings is 1. The summed E-state index contributed by atoms with van der Waals surface area (Å²) >= 11 is 7.63. The molecule has 0 aromatic heterocycles.